The molecule has 5 nitrogen and oxygen atoms in total. The van der Waals surface area contributed by atoms with Crippen LogP contribution in [0, 0.1) is 0 Å². The number of aromatic nitrogens is 4. The van der Waals surface area contributed by atoms with Crippen molar-refractivity contribution in [3.05, 3.63) is 30.4 Å². The Balaban J connectivity index is 1.96. The van der Waals surface area contributed by atoms with E-state index >= 15 is 0 Å². The zero-order chi connectivity index (χ0) is 13.2. The molecule has 5 heteroatoms. The fraction of sp³-hybridized carbons (Fsp3) is 0.538. The van der Waals surface area contributed by atoms with Gasteiger partial charge in [-0.05, 0) is 27.7 Å². The fourth-order valence-corrected chi connectivity index (χ4v) is 1.65. The second-order valence-corrected chi connectivity index (χ2v) is 5.40. The first-order valence-electron chi connectivity index (χ1n) is 6.29. The molecule has 0 saturated carbocycles. The van der Waals surface area contributed by atoms with Gasteiger partial charge in [0.1, 0.15) is 0 Å². The van der Waals surface area contributed by atoms with E-state index in [0.717, 1.165) is 18.8 Å². The van der Waals surface area contributed by atoms with Crippen LogP contribution in [0.15, 0.2) is 24.8 Å². The van der Waals surface area contributed by atoms with Crippen molar-refractivity contribution in [1.29, 1.82) is 0 Å². The summed E-state index contributed by atoms with van der Waals surface area (Å²) in [6.45, 7) is 10.2. The van der Waals surface area contributed by atoms with Crippen molar-refractivity contribution in [2.75, 3.05) is 5.32 Å². The van der Waals surface area contributed by atoms with Crippen LogP contribution >= 0.6 is 0 Å². The molecule has 0 saturated heterocycles. The predicted octanol–water partition coefficient (Wildman–Crippen LogP) is 2.47. The number of anilines is 1. The Hall–Kier alpha value is -1.78. The van der Waals surface area contributed by atoms with Crippen LogP contribution < -0.4 is 5.32 Å². The molecule has 0 spiro atoms. The Labute approximate surface area is 108 Å². The van der Waals surface area contributed by atoms with E-state index in [-0.39, 0.29) is 5.54 Å². The molecule has 0 radical (unpaired) electrons. The van der Waals surface area contributed by atoms with Crippen molar-refractivity contribution in [3.63, 3.8) is 0 Å². The highest BCUT2D eigenvalue weighted by Crippen LogP contribution is 2.14. The minimum Gasteiger partial charge on any atom is -0.378 e. The summed E-state index contributed by atoms with van der Waals surface area (Å²) in [5.74, 6) is 0. The molecule has 98 valence electrons. The molecule has 2 heterocycles. The van der Waals surface area contributed by atoms with Crippen molar-refractivity contribution in [3.8, 4) is 0 Å². The van der Waals surface area contributed by atoms with Crippen LogP contribution in [0.25, 0.3) is 0 Å². The van der Waals surface area contributed by atoms with E-state index in [1.165, 1.54) is 5.56 Å². The number of hydrogen-bond donors (Lipinski definition) is 1. The number of hydrogen-bond acceptors (Lipinski definition) is 3. The lowest BCUT2D eigenvalue weighted by molar-refractivity contribution is 0.355. The van der Waals surface area contributed by atoms with E-state index in [9.17, 15) is 0 Å². The van der Waals surface area contributed by atoms with Gasteiger partial charge in [-0.3, -0.25) is 9.36 Å². The first-order chi connectivity index (χ1) is 8.49. The Kier molecular flexibility index (Phi) is 3.41. The van der Waals surface area contributed by atoms with Gasteiger partial charge in [-0.2, -0.15) is 10.2 Å². The summed E-state index contributed by atoms with van der Waals surface area (Å²) in [5.41, 5.74) is 2.25. The summed E-state index contributed by atoms with van der Waals surface area (Å²) in [5, 5.41) is 11.9. The molecule has 0 aliphatic heterocycles. The summed E-state index contributed by atoms with van der Waals surface area (Å²) < 4.78 is 3.89. The van der Waals surface area contributed by atoms with Crippen LogP contribution in [0.3, 0.4) is 0 Å². The number of nitrogens with zero attached hydrogens (tertiary/aromatic N) is 4. The first kappa shape index (κ1) is 12.7. The van der Waals surface area contributed by atoms with Crippen LogP contribution in [0.1, 0.15) is 33.3 Å². The molecule has 2 aromatic heterocycles. The molecule has 0 fully saturated rings. The second kappa shape index (κ2) is 4.84. The van der Waals surface area contributed by atoms with Gasteiger partial charge in [-0.25, -0.2) is 0 Å². The largest absolute Gasteiger partial charge is 0.378 e. The maximum Gasteiger partial charge on any atom is 0.0729 e. The lowest BCUT2D eigenvalue weighted by atomic mass is 10.1. The molecule has 0 aliphatic rings. The Morgan fingerprint density at radius 1 is 1.17 bits per heavy atom. The molecule has 0 amide bonds. The van der Waals surface area contributed by atoms with Crippen LogP contribution in [0.4, 0.5) is 5.69 Å². The summed E-state index contributed by atoms with van der Waals surface area (Å²) in [6, 6.07) is 0. The highest BCUT2D eigenvalue weighted by molar-refractivity contribution is 5.38. The number of nitrogens with one attached hydrogen (secondary N) is 1. The smallest absolute Gasteiger partial charge is 0.0729 e. The van der Waals surface area contributed by atoms with E-state index in [1.807, 2.05) is 28.0 Å². The maximum absolute atomic E-state index is 4.38. The van der Waals surface area contributed by atoms with Crippen molar-refractivity contribution in [2.45, 2.75) is 46.3 Å². The molecule has 18 heavy (non-hydrogen) atoms. The Morgan fingerprint density at radius 3 is 2.50 bits per heavy atom. The molecule has 0 aliphatic carbocycles. The molecular formula is C13H21N5. The minimum atomic E-state index is 0.0331. The monoisotopic (exact) mass is 247 g/mol. The van der Waals surface area contributed by atoms with Gasteiger partial charge >= 0.3 is 0 Å². The van der Waals surface area contributed by atoms with Crippen LogP contribution in [0.2, 0.25) is 0 Å². The van der Waals surface area contributed by atoms with Gasteiger partial charge in [0, 0.05) is 31.0 Å². The minimum absolute atomic E-state index is 0.0331. The van der Waals surface area contributed by atoms with Crippen LogP contribution in [-0.4, -0.2) is 19.6 Å². The zero-order valence-electron chi connectivity index (χ0n) is 11.5. The Morgan fingerprint density at radius 2 is 1.94 bits per heavy atom. The topological polar surface area (TPSA) is 47.7 Å². The second-order valence-electron chi connectivity index (χ2n) is 5.40. The van der Waals surface area contributed by atoms with E-state index in [2.05, 4.69) is 49.4 Å². The van der Waals surface area contributed by atoms with E-state index < -0.39 is 0 Å². The molecule has 0 atom stereocenters. The summed E-state index contributed by atoms with van der Waals surface area (Å²) in [7, 11) is 0. The highest BCUT2D eigenvalue weighted by atomic mass is 15.3. The van der Waals surface area contributed by atoms with Gasteiger partial charge in [0.25, 0.3) is 0 Å². The number of aryl methyl sites for hydroxylation is 1. The summed E-state index contributed by atoms with van der Waals surface area (Å²) in [6.07, 6.45) is 7.84. The molecule has 0 bridgehead atoms. The van der Waals surface area contributed by atoms with Crippen molar-refractivity contribution in [2.24, 2.45) is 0 Å². The van der Waals surface area contributed by atoms with Gasteiger partial charge in [0.2, 0.25) is 0 Å². The third kappa shape index (κ3) is 2.91. The average Bonchev–Trinajstić information content (AvgIpc) is 2.94. The van der Waals surface area contributed by atoms with E-state index in [0.29, 0.717) is 0 Å². The zero-order valence-corrected chi connectivity index (χ0v) is 11.5. The van der Waals surface area contributed by atoms with Crippen molar-refractivity contribution >= 4 is 5.69 Å². The standard InChI is InChI=1S/C13H21N5/c1-5-17-10-12(8-15-17)14-6-11-7-16-18(9-11)13(2,3)4/h7-10,14H,5-6H2,1-4H3. The van der Waals surface area contributed by atoms with Crippen molar-refractivity contribution < 1.29 is 0 Å². The molecule has 0 unspecified atom stereocenters. The van der Waals surface area contributed by atoms with E-state index in [1.54, 1.807) is 0 Å². The lowest BCUT2D eigenvalue weighted by Gasteiger charge is -2.18. The van der Waals surface area contributed by atoms with E-state index in [4.69, 9.17) is 0 Å². The Bertz CT molecular complexity index is 503. The predicted molar refractivity (Wildman–Crippen MR) is 72.5 cm³/mol. The van der Waals surface area contributed by atoms with Gasteiger partial charge in [0.05, 0.1) is 23.6 Å². The molecule has 1 N–H and O–H groups in total. The molecule has 2 aromatic rings. The summed E-state index contributed by atoms with van der Waals surface area (Å²) in [4.78, 5) is 0. The van der Waals surface area contributed by atoms with Gasteiger partial charge < -0.3 is 5.32 Å². The number of rotatable bonds is 4. The van der Waals surface area contributed by atoms with Crippen molar-refractivity contribution in [1.82, 2.24) is 19.6 Å². The SMILES string of the molecule is CCn1cc(NCc2cnn(C(C)(C)C)c2)cn1. The first-order valence-corrected chi connectivity index (χ1v) is 6.29. The quantitative estimate of drug-likeness (QED) is 0.903. The molecular weight excluding hydrogens is 226 g/mol. The lowest BCUT2D eigenvalue weighted by Crippen LogP contribution is -2.21. The maximum atomic E-state index is 4.38. The average molecular weight is 247 g/mol. The van der Waals surface area contributed by atoms with Gasteiger partial charge in [-0.15, -0.1) is 0 Å². The third-order valence-electron chi connectivity index (χ3n) is 2.78. The summed E-state index contributed by atoms with van der Waals surface area (Å²) >= 11 is 0. The van der Waals surface area contributed by atoms with Gasteiger partial charge in [-0.1, -0.05) is 0 Å². The normalized spacial score (nSPS) is 11.8. The fourth-order valence-electron chi connectivity index (χ4n) is 1.65. The molecule has 2 rings (SSSR count). The highest BCUT2D eigenvalue weighted by Gasteiger charge is 2.13. The van der Waals surface area contributed by atoms with Crippen LogP contribution in [0.5, 0.6) is 0 Å². The third-order valence-corrected chi connectivity index (χ3v) is 2.78. The molecule has 0 aromatic carbocycles. The van der Waals surface area contributed by atoms with Crippen LogP contribution in [-0.2, 0) is 18.6 Å². The van der Waals surface area contributed by atoms with Gasteiger partial charge in [0.15, 0.2) is 0 Å².